The highest BCUT2D eigenvalue weighted by Crippen LogP contribution is 2.33. The number of aromatic nitrogens is 3. The minimum absolute atomic E-state index is 0.0671. The number of para-hydroxylation sites is 2. The molecule has 2 heterocycles. The number of ether oxygens (including phenoxy) is 1. The van der Waals surface area contributed by atoms with Gasteiger partial charge >= 0.3 is 0 Å². The van der Waals surface area contributed by atoms with E-state index >= 15 is 0 Å². The Kier molecular flexibility index (Phi) is 3.70. The summed E-state index contributed by atoms with van der Waals surface area (Å²) in [4.78, 5) is 12.5. The topological polar surface area (TPSA) is 69.0 Å². The molecule has 0 unspecified atom stereocenters. The third-order valence-electron chi connectivity index (χ3n) is 4.09. The third-order valence-corrected chi connectivity index (χ3v) is 4.09. The van der Waals surface area contributed by atoms with Crippen LogP contribution in [0.3, 0.4) is 0 Å². The van der Waals surface area contributed by atoms with E-state index in [1.807, 2.05) is 59.2 Å². The van der Waals surface area contributed by atoms with Gasteiger partial charge in [0.2, 0.25) is 5.91 Å². The van der Waals surface area contributed by atoms with E-state index in [0.29, 0.717) is 19.0 Å². The Hall–Kier alpha value is -3.15. The van der Waals surface area contributed by atoms with Crippen LogP contribution in [-0.2, 0) is 11.3 Å². The minimum Gasteiger partial charge on any atom is -0.492 e. The smallest absolute Gasteiger partial charge is 0.231 e. The Labute approximate surface area is 139 Å². The molecule has 6 nitrogen and oxygen atoms in total. The summed E-state index contributed by atoms with van der Waals surface area (Å²) in [6.07, 6.45) is 1.64. The van der Waals surface area contributed by atoms with Crippen molar-refractivity contribution in [3.63, 3.8) is 0 Å². The van der Waals surface area contributed by atoms with Crippen LogP contribution >= 0.6 is 0 Å². The van der Waals surface area contributed by atoms with Crippen molar-refractivity contribution in [1.29, 1.82) is 0 Å². The van der Waals surface area contributed by atoms with Crippen molar-refractivity contribution in [2.24, 2.45) is 0 Å². The van der Waals surface area contributed by atoms with Gasteiger partial charge in [-0.3, -0.25) is 9.36 Å². The molecule has 0 saturated heterocycles. The molecule has 6 heteroatoms. The molecule has 0 aliphatic carbocycles. The number of hydrogen-bond donors (Lipinski definition) is 1. The molecule has 0 radical (unpaired) electrons. The van der Waals surface area contributed by atoms with Gasteiger partial charge in [-0.2, -0.15) is 0 Å². The molecule has 4 rings (SSSR count). The summed E-state index contributed by atoms with van der Waals surface area (Å²) in [5.74, 6) is 1.11. The van der Waals surface area contributed by atoms with E-state index in [-0.39, 0.29) is 11.8 Å². The number of benzene rings is 2. The van der Waals surface area contributed by atoms with Crippen LogP contribution in [0.1, 0.15) is 17.3 Å². The highest BCUT2D eigenvalue weighted by Gasteiger charge is 2.29. The van der Waals surface area contributed by atoms with E-state index < -0.39 is 0 Å². The molecule has 0 saturated carbocycles. The summed E-state index contributed by atoms with van der Waals surface area (Å²) in [6, 6.07) is 17.4. The third kappa shape index (κ3) is 2.62. The Morgan fingerprint density at radius 1 is 1.17 bits per heavy atom. The maximum Gasteiger partial charge on any atom is 0.231 e. The molecule has 1 atom stereocenters. The van der Waals surface area contributed by atoms with E-state index in [4.69, 9.17) is 4.74 Å². The first-order valence-electron chi connectivity index (χ1n) is 7.76. The molecule has 1 aliphatic rings. The van der Waals surface area contributed by atoms with Crippen LogP contribution in [-0.4, -0.2) is 27.3 Å². The summed E-state index contributed by atoms with van der Waals surface area (Å²) in [5.41, 5.74) is 1.89. The van der Waals surface area contributed by atoms with Gasteiger partial charge in [-0.15, -0.1) is 10.2 Å². The predicted molar refractivity (Wildman–Crippen MR) is 87.9 cm³/mol. The highest BCUT2D eigenvalue weighted by atomic mass is 16.5. The lowest BCUT2D eigenvalue weighted by molar-refractivity contribution is -0.122. The number of fused-ring (bicyclic) bond motifs is 1. The van der Waals surface area contributed by atoms with E-state index in [1.54, 1.807) is 6.33 Å². The first kappa shape index (κ1) is 14.4. The van der Waals surface area contributed by atoms with Crippen molar-refractivity contribution in [2.75, 3.05) is 6.61 Å². The van der Waals surface area contributed by atoms with Crippen LogP contribution in [0.2, 0.25) is 0 Å². The molecule has 120 valence electrons. The summed E-state index contributed by atoms with van der Waals surface area (Å²) < 4.78 is 7.43. The molecule has 1 amide bonds. The number of rotatable bonds is 4. The van der Waals surface area contributed by atoms with Gasteiger partial charge in [0.15, 0.2) is 5.82 Å². The second kappa shape index (κ2) is 6.16. The van der Waals surface area contributed by atoms with Gasteiger partial charge in [0, 0.05) is 11.3 Å². The second-order valence-corrected chi connectivity index (χ2v) is 5.57. The standard InChI is InChI=1S/C18H16N4O2/c23-18(15-11-24-16-9-5-4-8-14(15)16)19-10-17-21-20-12-22(17)13-6-2-1-3-7-13/h1-9,12,15H,10-11H2,(H,19,23)/t15-/m0/s1. The van der Waals surface area contributed by atoms with Crippen LogP contribution in [0.25, 0.3) is 5.69 Å². The fourth-order valence-electron chi connectivity index (χ4n) is 2.85. The fraction of sp³-hybridized carbons (Fsp3) is 0.167. The number of carbonyl (C=O) groups excluding carboxylic acids is 1. The van der Waals surface area contributed by atoms with Gasteiger partial charge in [-0.25, -0.2) is 0 Å². The SMILES string of the molecule is O=C(NCc1nncn1-c1ccccc1)[C@H]1COc2ccccc21. The van der Waals surface area contributed by atoms with Crippen molar-refractivity contribution in [2.45, 2.75) is 12.5 Å². The maximum atomic E-state index is 12.5. The van der Waals surface area contributed by atoms with Crippen molar-refractivity contribution < 1.29 is 9.53 Å². The zero-order valence-electron chi connectivity index (χ0n) is 12.9. The van der Waals surface area contributed by atoms with Gasteiger partial charge in [0.05, 0.1) is 6.54 Å². The van der Waals surface area contributed by atoms with Crippen LogP contribution in [0, 0.1) is 0 Å². The maximum absolute atomic E-state index is 12.5. The molecular weight excluding hydrogens is 304 g/mol. The first-order chi connectivity index (χ1) is 11.8. The zero-order valence-corrected chi connectivity index (χ0v) is 12.9. The molecule has 1 N–H and O–H groups in total. The number of nitrogens with zero attached hydrogens (tertiary/aromatic N) is 3. The lowest BCUT2D eigenvalue weighted by atomic mass is 10.0. The lowest BCUT2D eigenvalue weighted by Crippen LogP contribution is -2.30. The van der Waals surface area contributed by atoms with Crippen LogP contribution in [0.5, 0.6) is 5.75 Å². The van der Waals surface area contributed by atoms with Gasteiger partial charge in [-0.1, -0.05) is 36.4 Å². The number of hydrogen-bond acceptors (Lipinski definition) is 4. The Morgan fingerprint density at radius 3 is 2.83 bits per heavy atom. The number of nitrogens with one attached hydrogen (secondary N) is 1. The molecule has 0 fully saturated rings. The van der Waals surface area contributed by atoms with Gasteiger partial charge in [0.25, 0.3) is 0 Å². The van der Waals surface area contributed by atoms with Crippen molar-refractivity contribution in [1.82, 2.24) is 20.1 Å². The van der Waals surface area contributed by atoms with Crippen LogP contribution in [0.4, 0.5) is 0 Å². The largest absolute Gasteiger partial charge is 0.492 e. The second-order valence-electron chi connectivity index (χ2n) is 5.57. The molecule has 1 aliphatic heterocycles. The summed E-state index contributed by atoms with van der Waals surface area (Å²) in [7, 11) is 0. The fourth-order valence-corrected chi connectivity index (χ4v) is 2.85. The molecule has 1 aromatic heterocycles. The van der Waals surface area contributed by atoms with Crippen molar-refractivity contribution >= 4 is 5.91 Å². The van der Waals surface area contributed by atoms with Crippen LogP contribution in [0.15, 0.2) is 60.9 Å². The Morgan fingerprint density at radius 2 is 1.96 bits per heavy atom. The average molecular weight is 320 g/mol. The summed E-state index contributed by atoms with van der Waals surface area (Å²) >= 11 is 0. The van der Waals surface area contributed by atoms with Crippen LogP contribution < -0.4 is 10.1 Å². The van der Waals surface area contributed by atoms with Crippen molar-refractivity contribution in [3.05, 3.63) is 72.3 Å². The van der Waals surface area contributed by atoms with E-state index in [0.717, 1.165) is 17.0 Å². The van der Waals surface area contributed by atoms with E-state index in [9.17, 15) is 4.79 Å². The quantitative estimate of drug-likeness (QED) is 0.799. The zero-order chi connectivity index (χ0) is 16.4. The Bertz CT molecular complexity index is 860. The molecule has 0 spiro atoms. The molecule has 3 aromatic rings. The first-order valence-corrected chi connectivity index (χ1v) is 7.76. The monoisotopic (exact) mass is 320 g/mol. The summed E-state index contributed by atoms with van der Waals surface area (Å²) in [6.45, 7) is 0.683. The number of carbonyl (C=O) groups is 1. The Balaban J connectivity index is 1.47. The average Bonchev–Trinajstić information content (AvgIpc) is 3.27. The molecule has 2 aromatic carbocycles. The van der Waals surface area contributed by atoms with E-state index in [1.165, 1.54) is 0 Å². The van der Waals surface area contributed by atoms with Gasteiger partial charge < -0.3 is 10.1 Å². The van der Waals surface area contributed by atoms with E-state index in [2.05, 4.69) is 15.5 Å². The highest BCUT2D eigenvalue weighted by molar-refractivity contribution is 5.85. The predicted octanol–water partition coefficient (Wildman–Crippen LogP) is 2.06. The van der Waals surface area contributed by atoms with Crippen molar-refractivity contribution in [3.8, 4) is 11.4 Å². The summed E-state index contributed by atoms with van der Waals surface area (Å²) in [5, 5.41) is 11.0. The van der Waals surface area contributed by atoms with Gasteiger partial charge in [-0.05, 0) is 18.2 Å². The molecule has 0 bridgehead atoms. The molecular formula is C18H16N4O2. The lowest BCUT2D eigenvalue weighted by Gasteiger charge is -2.11. The number of amides is 1. The molecule has 24 heavy (non-hydrogen) atoms. The minimum atomic E-state index is -0.283. The van der Waals surface area contributed by atoms with Gasteiger partial charge in [0.1, 0.15) is 24.6 Å². The normalized spacial score (nSPS) is 15.6.